The summed E-state index contributed by atoms with van der Waals surface area (Å²) in [5, 5.41) is 3.56. The van der Waals surface area contributed by atoms with Gasteiger partial charge in [-0.2, -0.15) is 0 Å². The number of nitrogens with zero attached hydrogens (tertiary/aromatic N) is 1. The third kappa shape index (κ3) is 3.45. The number of hydrogen-bond acceptors (Lipinski definition) is 2. The second-order valence-electron chi connectivity index (χ2n) is 6.08. The first-order valence-corrected chi connectivity index (χ1v) is 7.44. The Morgan fingerprint density at radius 1 is 1.18 bits per heavy atom. The molecule has 0 spiro atoms. The number of nitrogens with one attached hydrogen (secondary N) is 1. The van der Waals surface area contributed by atoms with Gasteiger partial charge in [0, 0.05) is 18.1 Å². The predicted molar refractivity (Wildman–Crippen MR) is 76.3 cm³/mol. The van der Waals surface area contributed by atoms with Crippen LogP contribution in [0.15, 0.2) is 0 Å². The van der Waals surface area contributed by atoms with Crippen molar-refractivity contribution < 1.29 is 0 Å². The highest BCUT2D eigenvalue weighted by atomic mass is 15.2. The Balaban J connectivity index is 2.76. The van der Waals surface area contributed by atoms with E-state index in [-0.39, 0.29) is 0 Å². The molecule has 0 aromatic rings. The van der Waals surface area contributed by atoms with Crippen molar-refractivity contribution in [3.05, 3.63) is 0 Å². The van der Waals surface area contributed by atoms with Crippen molar-refractivity contribution in [1.29, 1.82) is 0 Å². The molecule has 0 saturated heterocycles. The van der Waals surface area contributed by atoms with E-state index < -0.39 is 0 Å². The molecule has 1 aliphatic carbocycles. The average Bonchev–Trinajstić information content (AvgIpc) is 2.29. The molecule has 0 aromatic carbocycles. The molecule has 1 aliphatic rings. The summed E-state index contributed by atoms with van der Waals surface area (Å²) >= 11 is 0. The van der Waals surface area contributed by atoms with E-state index in [4.69, 9.17) is 0 Å². The summed E-state index contributed by atoms with van der Waals surface area (Å²) in [6, 6.07) is 2.12. The Bertz CT molecular complexity index is 213. The molecule has 4 atom stereocenters. The summed E-state index contributed by atoms with van der Waals surface area (Å²) in [5.41, 5.74) is 0. The first-order chi connectivity index (χ1) is 8.04. The maximum Gasteiger partial charge on any atom is 0.0274 e. The molecule has 0 aromatic heterocycles. The van der Waals surface area contributed by atoms with E-state index in [1.54, 1.807) is 0 Å². The summed E-state index contributed by atoms with van der Waals surface area (Å²) in [4.78, 5) is 2.65. The molecule has 0 aliphatic heterocycles. The second kappa shape index (κ2) is 6.75. The van der Waals surface area contributed by atoms with Crippen LogP contribution in [0.25, 0.3) is 0 Å². The third-order valence-corrected chi connectivity index (χ3v) is 4.79. The predicted octanol–water partition coefficient (Wildman–Crippen LogP) is 3.13. The fourth-order valence-electron chi connectivity index (χ4n) is 3.92. The summed E-state index contributed by atoms with van der Waals surface area (Å²) in [7, 11) is 4.46. The molecule has 1 fully saturated rings. The van der Waals surface area contributed by atoms with Crippen LogP contribution in [0.5, 0.6) is 0 Å². The Morgan fingerprint density at radius 2 is 1.76 bits per heavy atom. The van der Waals surface area contributed by atoms with Crippen LogP contribution in [0.3, 0.4) is 0 Å². The van der Waals surface area contributed by atoms with Crippen LogP contribution in [0.1, 0.15) is 53.4 Å². The highest BCUT2D eigenvalue weighted by molar-refractivity contribution is 4.94. The molecule has 0 heterocycles. The minimum Gasteiger partial charge on any atom is -0.315 e. The Labute approximate surface area is 108 Å². The van der Waals surface area contributed by atoms with Crippen molar-refractivity contribution in [2.75, 3.05) is 14.1 Å². The zero-order valence-electron chi connectivity index (χ0n) is 12.7. The molecule has 1 saturated carbocycles. The highest BCUT2D eigenvalue weighted by Crippen LogP contribution is 2.33. The van der Waals surface area contributed by atoms with Crippen molar-refractivity contribution in [3.63, 3.8) is 0 Å². The van der Waals surface area contributed by atoms with Gasteiger partial charge >= 0.3 is 0 Å². The fourth-order valence-corrected chi connectivity index (χ4v) is 3.92. The van der Waals surface area contributed by atoms with Gasteiger partial charge in [0.15, 0.2) is 0 Å². The summed E-state index contributed by atoms with van der Waals surface area (Å²) < 4.78 is 0. The van der Waals surface area contributed by atoms with Crippen LogP contribution in [0.4, 0.5) is 0 Å². The molecule has 4 unspecified atom stereocenters. The summed E-state index contributed by atoms with van der Waals surface area (Å²) in [6.45, 7) is 9.46. The van der Waals surface area contributed by atoms with E-state index in [0.29, 0.717) is 12.1 Å². The largest absolute Gasteiger partial charge is 0.315 e. The quantitative estimate of drug-likeness (QED) is 0.794. The van der Waals surface area contributed by atoms with Crippen molar-refractivity contribution in [2.24, 2.45) is 11.8 Å². The molecule has 17 heavy (non-hydrogen) atoms. The van der Waals surface area contributed by atoms with Crippen LogP contribution in [-0.2, 0) is 0 Å². The normalized spacial score (nSPS) is 34.6. The number of hydrogen-bond donors (Lipinski definition) is 1. The van der Waals surface area contributed by atoms with Crippen molar-refractivity contribution in [1.82, 2.24) is 10.2 Å². The second-order valence-corrected chi connectivity index (χ2v) is 6.08. The minimum absolute atomic E-state index is 0.666. The number of likely N-dealkylation sites (N-methyl/N-ethyl adjacent to an activating group) is 2. The van der Waals surface area contributed by atoms with Crippen LogP contribution in [0, 0.1) is 11.8 Å². The van der Waals surface area contributed by atoms with Gasteiger partial charge in [0.1, 0.15) is 0 Å². The van der Waals surface area contributed by atoms with Gasteiger partial charge in [-0.1, -0.05) is 27.7 Å². The van der Waals surface area contributed by atoms with Crippen LogP contribution in [-0.4, -0.2) is 37.1 Å². The molecule has 102 valence electrons. The van der Waals surface area contributed by atoms with E-state index >= 15 is 0 Å². The van der Waals surface area contributed by atoms with Crippen molar-refractivity contribution >= 4 is 0 Å². The molecule has 1 N–H and O–H groups in total. The van der Waals surface area contributed by atoms with Crippen molar-refractivity contribution in [3.8, 4) is 0 Å². The Hall–Kier alpha value is -0.0800. The average molecular weight is 240 g/mol. The summed E-state index contributed by atoms with van der Waals surface area (Å²) in [6.07, 6.45) is 5.24. The lowest BCUT2D eigenvalue weighted by atomic mass is 9.75. The van der Waals surface area contributed by atoms with Gasteiger partial charge in [-0.3, -0.25) is 4.90 Å². The molecule has 2 nitrogen and oxygen atoms in total. The standard InChI is InChI=1S/C15H32N2/c1-7-13(8-2)17(6)15-12(4)9-11(3)10-14(15)16-5/h11-16H,7-10H2,1-6H3. The van der Waals surface area contributed by atoms with E-state index in [0.717, 1.165) is 17.9 Å². The first-order valence-electron chi connectivity index (χ1n) is 7.44. The maximum absolute atomic E-state index is 3.56. The van der Waals surface area contributed by atoms with Gasteiger partial charge in [0.25, 0.3) is 0 Å². The zero-order chi connectivity index (χ0) is 13.0. The minimum atomic E-state index is 0.666. The highest BCUT2D eigenvalue weighted by Gasteiger charge is 2.37. The number of rotatable bonds is 5. The Kier molecular flexibility index (Phi) is 5.94. The van der Waals surface area contributed by atoms with Gasteiger partial charge in [0.05, 0.1) is 0 Å². The Morgan fingerprint density at radius 3 is 2.24 bits per heavy atom. The van der Waals surface area contributed by atoms with Gasteiger partial charge < -0.3 is 5.32 Å². The lowest BCUT2D eigenvalue weighted by Gasteiger charge is -2.47. The van der Waals surface area contributed by atoms with E-state index in [2.05, 4.69) is 52.0 Å². The van der Waals surface area contributed by atoms with Gasteiger partial charge in [0.2, 0.25) is 0 Å². The SMILES string of the molecule is CCC(CC)N(C)C1C(C)CC(C)CC1NC. The fraction of sp³-hybridized carbons (Fsp3) is 1.00. The van der Waals surface area contributed by atoms with Gasteiger partial charge in [-0.05, 0) is 51.6 Å². The topological polar surface area (TPSA) is 15.3 Å². The molecule has 2 heteroatoms. The lowest BCUT2D eigenvalue weighted by molar-refractivity contribution is 0.0501. The van der Waals surface area contributed by atoms with Gasteiger partial charge in [-0.25, -0.2) is 0 Å². The van der Waals surface area contributed by atoms with E-state index in [9.17, 15) is 0 Å². The maximum atomic E-state index is 3.56. The van der Waals surface area contributed by atoms with Crippen LogP contribution >= 0.6 is 0 Å². The molecular weight excluding hydrogens is 208 g/mol. The van der Waals surface area contributed by atoms with Crippen LogP contribution < -0.4 is 5.32 Å². The molecular formula is C15H32N2. The summed E-state index contributed by atoms with van der Waals surface area (Å²) in [5.74, 6) is 1.68. The third-order valence-electron chi connectivity index (χ3n) is 4.79. The first kappa shape index (κ1) is 15.0. The molecule has 0 radical (unpaired) electrons. The van der Waals surface area contributed by atoms with E-state index in [1.807, 2.05) is 0 Å². The monoisotopic (exact) mass is 240 g/mol. The molecule has 1 rings (SSSR count). The smallest absolute Gasteiger partial charge is 0.0274 e. The zero-order valence-corrected chi connectivity index (χ0v) is 12.7. The van der Waals surface area contributed by atoms with E-state index in [1.165, 1.54) is 25.7 Å². The lowest BCUT2D eigenvalue weighted by Crippen LogP contribution is -2.57. The van der Waals surface area contributed by atoms with Crippen LogP contribution in [0.2, 0.25) is 0 Å². The molecule has 0 bridgehead atoms. The van der Waals surface area contributed by atoms with Gasteiger partial charge in [-0.15, -0.1) is 0 Å². The molecule has 0 amide bonds. The van der Waals surface area contributed by atoms with Crippen molar-refractivity contribution in [2.45, 2.75) is 71.5 Å².